The monoisotopic (exact) mass is 257 g/mol. The molecule has 0 fully saturated rings. The van der Waals surface area contributed by atoms with Crippen LogP contribution in [-0.4, -0.2) is 14.5 Å². The summed E-state index contributed by atoms with van der Waals surface area (Å²) in [5, 5.41) is 1.94. The van der Waals surface area contributed by atoms with Gasteiger partial charge in [0.15, 0.2) is 0 Å². The van der Waals surface area contributed by atoms with E-state index in [4.69, 9.17) is 11.6 Å². The zero-order valence-electron chi connectivity index (χ0n) is 8.14. The molecule has 0 bridgehead atoms. The zero-order valence-corrected chi connectivity index (χ0v) is 9.72. The third kappa shape index (κ3) is 2.40. The third-order valence-corrected chi connectivity index (χ3v) is 2.90. The molecule has 16 heavy (non-hydrogen) atoms. The lowest BCUT2D eigenvalue weighted by Crippen LogP contribution is -2.35. The van der Waals surface area contributed by atoms with Gasteiger partial charge in [-0.05, 0) is 0 Å². The van der Waals surface area contributed by atoms with Crippen LogP contribution in [0.4, 0.5) is 0 Å². The summed E-state index contributed by atoms with van der Waals surface area (Å²) in [6.45, 7) is 0.301. The molecule has 0 aromatic carbocycles. The summed E-state index contributed by atoms with van der Waals surface area (Å²) >= 11 is 7.02. The number of hydrogen-bond acceptors (Lipinski definition) is 4. The minimum absolute atomic E-state index is 0.0555. The highest BCUT2D eigenvalue weighted by atomic mass is 35.5. The summed E-state index contributed by atoms with van der Waals surface area (Å²) in [6, 6.07) is 1.18. The number of nitrogens with one attached hydrogen (secondary N) is 1. The fourth-order valence-corrected chi connectivity index (χ4v) is 2.06. The van der Waals surface area contributed by atoms with Gasteiger partial charge in [0, 0.05) is 24.4 Å². The second-order valence-electron chi connectivity index (χ2n) is 3.14. The van der Waals surface area contributed by atoms with Gasteiger partial charge in [0.1, 0.15) is 5.15 Å². The Bertz CT molecular complexity index is 556. The van der Waals surface area contributed by atoms with E-state index in [9.17, 15) is 9.59 Å². The first kappa shape index (κ1) is 11.1. The van der Waals surface area contributed by atoms with Gasteiger partial charge in [0.05, 0.1) is 11.2 Å². The van der Waals surface area contributed by atoms with Crippen molar-refractivity contribution in [3.63, 3.8) is 0 Å². The van der Waals surface area contributed by atoms with Crippen LogP contribution in [0.2, 0.25) is 5.15 Å². The first-order chi connectivity index (χ1) is 7.66. The second-order valence-corrected chi connectivity index (χ2v) is 4.27. The Morgan fingerprint density at radius 2 is 2.31 bits per heavy atom. The molecule has 2 rings (SSSR count). The van der Waals surface area contributed by atoms with Gasteiger partial charge < -0.3 is 0 Å². The average Bonchev–Trinajstić information content (AvgIpc) is 2.68. The Morgan fingerprint density at radius 3 is 2.94 bits per heavy atom. The molecule has 0 aliphatic heterocycles. The van der Waals surface area contributed by atoms with Gasteiger partial charge in [-0.3, -0.25) is 14.3 Å². The third-order valence-electron chi connectivity index (χ3n) is 2.06. The maximum absolute atomic E-state index is 11.5. The summed E-state index contributed by atoms with van der Waals surface area (Å²) in [5.74, 6) is 0. The van der Waals surface area contributed by atoms with Crippen LogP contribution in [0.25, 0.3) is 0 Å². The molecule has 0 aliphatic rings. The number of H-pyrrole nitrogens is 1. The summed E-state index contributed by atoms with van der Waals surface area (Å²) in [7, 11) is 0. The molecule has 7 heteroatoms. The smallest absolute Gasteiger partial charge is 0.298 e. The van der Waals surface area contributed by atoms with E-state index in [1.54, 1.807) is 5.51 Å². The molecule has 0 amide bonds. The first-order valence-corrected chi connectivity index (χ1v) is 5.85. The SMILES string of the molecule is O=c1cc(Cl)[nH]c(=O)n1CCc1cscn1. The highest BCUT2D eigenvalue weighted by Gasteiger charge is 2.04. The molecule has 2 heterocycles. The van der Waals surface area contributed by atoms with Gasteiger partial charge in [0.2, 0.25) is 0 Å². The highest BCUT2D eigenvalue weighted by Crippen LogP contribution is 2.02. The molecule has 0 unspecified atom stereocenters. The maximum Gasteiger partial charge on any atom is 0.329 e. The topological polar surface area (TPSA) is 67.8 Å². The van der Waals surface area contributed by atoms with E-state index in [1.807, 2.05) is 5.38 Å². The molecule has 0 radical (unpaired) electrons. The van der Waals surface area contributed by atoms with Gasteiger partial charge >= 0.3 is 5.69 Å². The van der Waals surface area contributed by atoms with Crippen molar-refractivity contribution in [2.45, 2.75) is 13.0 Å². The predicted molar refractivity (Wildman–Crippen MR) is 62.2 cm³/mol. The van der Waals surface area contributed by atoms with Crippen LogP contribution < -0.4 is 11.2 Å². The zero-order chi connectivity index (χ0) is 11.5. The van der Waals surface area contributed by atoms with Crippen LogP contribution in [0.5, 0.6) is 0 Å². The maximum atomic E-state index is 11.5. The van der Waals surface area contributed by atoms with Crippen LogP contribution in [-0.2, 0) is 13.0 Å². The molecule has 0 saturated carbocycles. The van der Waals surface area contributed by atoms with E-state index in [1.165, 1.54) is 17.4 Å². The van der Waals surface area contributed by atoms with Gasteiger partial charge in [-0.25, -0.2) is 9.78 Å². The molecule has 0 saturated heterocycles. The van der Waals surface area contributed by atoms with E-state index in [-0.39, 0.29) is 5.15 Å². The number of aromatic amines is 1. The molecule has 5 nitrogen and oxygen atoms in total. The minimum Gasteiger partial charge on any atom is -0.298 e. The number of aromatic nitrogens is 3. The van der Waals surface area contributed by atoms with Crippen molar-refractivity contribution < 1.29 is 0 Å². The van der Waals surface area contributed by atoms with Crippen molar-refractivity contribution >= 4 is 22.9 Å². The summed E-state index contributed by atoms with van der Waals surface area (Å²) in [6.07, 6.45) is 0.550. The predicted octanol–water partition coefficient (Wildman–Crippen LogP) is 0.889. The van der Waals surface area contributed by atoms with E-state index in [0.29, 0.717) is 13.0 Å². The van der Waals surface area contributed by atoms with Gasteiger partial charge in [0.25, 0.3) is 5.56 Å². The van der Waals surface area contributed by atoms with Crippen LogP contribution in [0.1, 0.15) is 5.69 Å². The minimum atomic E-state index is -0.493. The summed E-state index contributed by atoms with van der Waals surface area (Å²) in [5.41, 5.74) is 1.69. The Kier molecular flexibility index (Phi) is 3.21. The van der Waals surface area contributed by atoms with Gasteiger partial charge in [-0.15, -0.1) is 11.3 Å². The molecule has 0 aliphatic carbocycles. The van der Waals surface area contributed by atoms with E-state index in [2.05, 4.69) is 9.97 Å². The van der Waals surface area contributed by atoms with Crippen LogP contribution in [0.15, 0.2) is 26.5 Å². The lowest BCUT2D eigenvalue weighted by Gasteiger charge is -2.02. The average molecular weight is 258 g/mol. The van der Waals surface area contributed by atoms with Crippen molar-refractivity contribution in [3.8, 4) is 0 Å². The fraction of sp³-hybridized carbons (Fsp3) is 0.222. The van der Waals surface area contributed by atoms with Crippen molar-refractivity contribution in [1.82, 2.24) is 14.5 Å². The Balaban J connectivity index is 2.22. The molecular formula is C9H8ClN3O2S. The number of rotatable bonds is 3. The number of halogens is 1. The molecule has 2 aromatic heterocycles. The molecule has 0 spiro atoms. The lowest BCUT2D eigenvalue weighted by molar-refractivity contribution is 0.622. The van der Waals surface area contributed by atoms with Gasteiger partial charge in [-0.2, -0.15) is 0 Å². The number of hydrogen-bond donors (Lipinski definition) is 1. The summed E-state index contributed by atoms with van der Waals surface area (Å²) < 4.78 is 1.10. The number of aryl methyl sites for hydroxylation is 1. The lowest BCUT2D eigenvalue weighted by atomic mass is 10.3. The largest absolute Gasteiger partial charge is 0.329 e. The van der Waals surface area contributed by atoms with Crippen LogP contribution >= 0.6 is 22.9 Å². The number of thiazole rings is 1. The Morgan fingerprint density at radius 1 is 1.50 bits per heavy atom. The fourth-order valence-electron chi connectivity index (χ4n) is 1.29. The van der Waals surface area contributed by atoms with E-state index < -0.39 is 11.2 Å². The Labute approximate surface area is 99.4 Å². The standard InChI is InChI=1S/C9H8ClN3O2S/c10-7-3-8(14)13(9(15)12-7)2-1-6-4-16-5-11-6/h3-5H,1-2H2,(H,12,15). The van der Waals surface area contributed by atoms with Gasteiger partial charge in [-0.1, -0.05) is 11.6 Å². The summed E-state index contributed by atoms with van der Waals surface area (Å²) in [4.78, 5) is 29.3. The molecule has 1 N–H and O–H groups in total. The second kappa shape index (κ2) is 4.63. The quantitative estimate of drug-likeness (QED) is 0.831. The highest BCUT2D eigenvalue weighted by molar-refractivity contribution is 7.07. The van der Waals surface area contributed by atoms with Crippen LogP contribution in [0, 0.1) is 0 Å². The van der Waals surface area contributed by atoms with E-state index in [0.717, 1.165) is 10.3 Å². The molecule has 2 aromatic rings. The molecular weight excluding hydrogens is 250 g/mol. The molecule has 84 valence electrons. The van der Waals surface area contributed by atoms with Crippen molar-refractivity contribution in [2.24, 2.45) is 0 Å². The van der Waals surface area contributed by atoms with Crippen molar-refractivity contribution in [1.29, 1.82) is 0 Å². The molecule has 0 atom stereocenters. The van der Waals surface area contributed by atoms with Crippen molar-refractivity contribution in [2.75, 3.05) is 0 Å². The van der Waals surface area contributed by atoms with Crippen molar-refractivity contribution in [3.05, 3.63) is 48.6 Å². The van der Waals surface area contributed by atoms with E-state index >= 15 is 0 Å². The first-order valence-electron chi connectivity index (χ1n) is 4.53. The Hall–Kier alpha value is -1.40. The van der Waals surface area contributed by atoms with Crippen LogP contribution in [0.3, 0.4) is 0 Å². The normalized spacial score (nSPS) is 10.6. The number of nitrogens with zero attached hydrogens (tertiary/aromatic N) is 2.